The number of rotatable bonds is 10. The minimum absolute atomic E-state index is 0.0111. The van der Waals surface area contributed by atoms with Gasteiger partial charge in [-0.05, 0) is 33.1 Å². The first-order valence-electron chi connectivity index (χ1n) is 6.25. The maximum atomic E-state index is 11.7. The molecule has 0 aromatic heterocycles. The van der Waals surface area contributed by atoms with Gasteiger partial charge in [0, 0.05) is 32.9 Å². The second-order valence-electron chi connectivity index (χ2n) is 4.29. The Morgan fingerprint density at radius 1 is 1.35 bits per heavy atom. The molecule has 2 unspecified atom stereocenters. The van der Waals surface area contributed by atoms with Crippen LogP contribution in [0.3, 0.4) is 0 Å². The molecule has 0 aliphatic rings. The molecule has 1 amide bonds. The highest BCUT2D eigenvalue weighted by atomic mass is 16.5. The average Bonchev–Trinajstić information content (AvgIpc) is 2.31. The molecule has 2 atom stereocenters. The van der Waals surface area contributed by atoms with E-state index in [1.54, 1.807) is 7.11 Å². The number of ether oxygens (including phenoxy) is 1. The van der Waals surface area contributed by atoms with E-state index in [4.69, 9.17) is 9.84 Å². The SMILES string of the molecule is COCCCNC(=O)C(C)NC(C)CCCO. The summed E-state index contributed by atoms with van der Waals surface area (Å²) in [5, 5.41) is 14.8. The van der Waals surface area contributed by atoms with Gasteiger partial charge in [-0.3, -0.25) is 4.79 Å². The van der Waals surface area contributed by atoms with E-state index in [2.05, 4.69) is 10.6 Å². The lowest BCUT2D eigenvalue weighted by atomic mass is 10.1. The van der Waals surface area contributed by atoms with E-state index in [1.807, 2.05) is 13.8 Å². The first kappa shape index (κ1) is 16.4. The van der Waals surface area contributed by atoms with Crippen molar-refractivity contribution < 1.29 is 14.6 Å². The van der Waals surface area contributed by atoms with Crippen LogP contribution in [0.4, 0.5) is 0 Å². The van der Waals surface area contributed by atoms with Crippen LogP contribution in [0.15, 0.2) is 0 Å². The van der Waals surface area contributed by atoms with Gasteiger partial charge in [0.15, 0.2) is 0 Å². The maximum Gasteiger partial charge on any atom is 0.236 e. The van der Waals surface area contributed by atoms with Gasteiger partial charge in [0.1, 0.15) is 0 Å². The van der Waals surface area contributed by atoms with Crippen LogP contribution in [0.25, 0.3) is 0 Å². The maximum absolute atomic E-state index is 11.7. The molecule has 5 nitrogen and oxygen atoms in total. The van der Waals surface area contributed by atoms with Crippen LogP contribution in [-0.2, 0) is 9.53 Å². The Labute approximate surface area is 104 Å². The van der Waals surface area contributed by atoms with E-state index < -0.39 is 0 Å². The molecule has 0 aromatic carbocycles. The van der Waals surface area contributed by atoms with Crippen molar-refractivity contribution in [1.29, 1.82) is 0 Å². The van der Waals surface area contributed by atoms with Gasteiger partial charge in [0.05, 0.1) is 6.04 Å². The van der Waals surface area contributed by atoms with Crippen molar-refractivity contribution in [2.24, 2.45) is 0 Å². The first-order valence-corrected chi connectivity index (χ1v) is 6.25. The average molecular weight is 246 g/mol. The quantitative estimate of drug-likeness (QED) is 0.484. The molecule has 17 heavy (non-hydrogen) atoms. The van der Waals surface area contributed by atoms with Crippen LogP contribution in [-0.4, -0.2) is 50.0 Å². The summed E-state index contributed by atoms with van der Waals surface area (Å²) in [6.45, 7) is 5.37. The third kappa shape index (κ3) is 9.09. The number of amides is 1. The third-order valence-electron chi connectivity index (χ3n) is 2.55. The first-order chi connectivity index (χ1) is 8.11. The fourth-order valence-corrected chi connectivity index (χ4v) is 1.56. The van der Waals surface area contributed by atoms with Crippen LogP contribution in [0.1, 0.15) is 33.1 Å². The second-order valence-corrected chi connectivity index (χ2v) is 4.29. The third-order valence-corrected chi connectivity index (χ3v) is 2.55. The lowest BCUT2D eigenvalue weighted by Gasteiger charge is -2.19. The molecular formula is C12H26N2O3. The molecule has 0 radical (unpaired) electrons. The monoisotopic (exact) mass is 246 g/mol. The predicted molar refractivity (Wildman–Crippen MR) is 67.9 cm³/mol. The Morgan fingerprint density at radius 2 is 2.06 bits per heavy atom. The molecule has 102 valence electrons. The molecule has 0 saturated heterocycles. The summed E-state index contributed by atoms with van der Waals surface area (Å²) in [6, 6.07) is 0.0353. The molecule has 0 rings (SSSR count). The van der Waals surface area contributed by atoms with Crippen molar-refractivity contribution in [3.8, 4) is 0 Å². The lowest BCUT2D eigenvalue weighted by molar-refractivity contribution is -0.122. The normalized spacial score (nSPS) is 14.4. The summed E-state index contributed by atoms with van der Waals surface area (Å²) in [7, 11) is 1.65. The zero-order chi connectivity index (χ0) is 13.1. The summed E-state index contributed by atoms with van der Waals surface area (Å²) in [5.74, 6) is 0.0111. The van der Waals surface area contributed by atoms with Gasteiger partial charge in [-0.1, -0.05) is 0 Å². The molecule has 0 saturated carbocycles. The lowest BCUT2D eigenvalue weighted by Crippen LogP contribution is -2.46. The topological polar surface area (TPSA) is 70.6 Å². The number of carbonyl (C=O) groups is 1. The standard InChI is InChI=1S/C12H26N2O3/c1-10(6-4-8-15)14-11(2)12(16)13-7-5-9-17-3/h10-11,14-15H,4-9H2,1-3H3,(H,13,16). The van der Waals surface area contributed by atoms with Gasteiger partial charge in [-0.15, -0.1) is 0 Å². The van der Waals surface area contributed by atoms with E-state index in [0.29, 0.717) is 13.2 Å². The number of methoxy groups -OCH3 is 1. The Bertz CT molecular complexity index is 200. The summed E-state index contributed by atoms with van der Waals surface area (Å²) >= 11 is 0. The fourth-order valence-electron chi connectivity index (χ4n) is 1.56. The summed E-state index contributed by atoms with van der Waals surface area (Å²) in [4.78, 5) is 11.7. The van der Waals surface area contributed by atoms with Gasteiger partial charge < -0.3 is 20.5 Å². The van der Waals surface area contributed by atoms with Crippen molar-refractivity contribution in [3.63, 3.8) is 0 Å². The van der Waals surface area contributed by atoms with Crippen LogP contribution in [0.5, 0.6) is 0 Å². The highest BCUT2D eigenvalue weighted by Gasteiger charge is 2.14. The number of aliphatic hydroxyl groups excluding tert-OH is 1. The van der Waals surface area contributed by atoms with Gasteiger partial charge in [0.25, 0.3) is 0 Å². The molecular weight excluding hydrogens is 220 g/mol. The second kappa shape index (κ2) is 10.5. The zero-order valence-corrected chi connectivity index (χ0v) is 11.2. The predicted octanol–water partition coefficient (Wildman–Crippen LogP) is 0.278. The number of aliphatic hydroxyl groups is 1. The molecule has 0 aliphatic heterocycles. The molecule has 0 fully saturated rings. The highest BCUT2D eigenvalue weighted by molar-refractivity contribution is 5.81. The van der Waals surface area contributed by atoms with Gasteiger partial charge >= 0.3 is 0 Å². The van der Waals surface area contributed by atoms with Crippen LogP contribution in [0, 0.1) is 0 Å². The van der Waals surface area contributed by atoms with E-state index >= 15 is 0 Å². The smallest absolute Gasteiger partial charge is 0.236 e. The number of nitrogens with one attached hydrogen (secondary N) is 2. The molecule has 0 bridgehead atoms. The minimum Gasteiger partial charge on any atom is -0.396 e. The van der Waals surface area contributed by atoms with Crippen molar-refractivity contribution in [3.05, 3.63) is 0 Å². The molecule has 0 spiro atoms. The Morgan fingerprint density at radius 3 is 2.65 bits per heavy atom. The van der Waals surface area contributed by atoms with Crippen molar-refractivity contribution in [2.75, 3.05) is 26.9 Å². The van der Waals surface area contributed by atoms with Crippen molar-refractivity contribution >= 4 is 5.91 Å². The molecule has 0 heterocycles. The van der Waals surface area contributed by atoms with Gasteiger partial charge in [-0.2, -0.15) is 0 Å². The van der Waals surface area contributed by atoms with Crippen LogP contribution >= 0.6 is 0 Å². The number of hydrogen-bond acceptors (Lipinski definition) is 4. The Hall–Kier alpha value is -0.650. The van der Waals surface area contributed by atoms with Crippen LogP contribution < -0.4 is 10.6 Å². The summed E-state index contributed by atoms with van der Waals surface area (Å²) < 4.78 is 4.90. The van der Waals surface area contributed by atoms with Gasteiger partial charge in [-0.25, -0.2) is 0 Å². The van der Waals surface area contributed by atoms with E-state index in [-0.39, 0.29) is 24.6 Å². The highest BCUT2D eigenvalue weighted by Crippen LogP contribution is 1.97. The zero-order valence-electron chi connectivity index (χ0n) is 11.2. The number of hydrogen-bond donors (Lipinski definition) is 3. The van der Waals surface area contributed by atoms with E-state index in [0.717, 1.165) is 19.3 Å². The number of carbonyl (C=O) groups excluding carboxylic acids is 1. The Balaban J connectivity index is 3.65. The van der Waals surface area contributed by atoms with Crippen molar-refractivity contribution in [2.45, 2.75) is 45.2 Å². The molecule has 5 heteroatoms. The largest absolute Gasteiger partial charge is 0.396 e. The fraction of sp³-hybridized carbons (Fsp3) is 0.917. The van der Waals surface area contributed by atoms with Gasteiger partial charge in [0.2, 0.25) is 5.91 Å². The molecule has 0 aliphatic carbocycles. The summed E-state index contributed by atoms with van der Waals surface area (Å²) in [5.41, 5.74) is 0. The van der Waals surface area contributed by atoms with Crippen molar-refractivity contribution in [1.82, 2.24) is 10.6 Å². The molecule has 0 aromatic rings. The van der Waals surface area contributed by atoms with Crippen LogP contribution in [0.2, 0.25) is 0 Å². The molecule has 3 N–H and O–H groups in total. The van der Waals surface area contributed by atoms with E-state index in [9.17, 15) is 4.79 Å². The van der Waals surface area contributed by atoms with E-state index in [1.165, 1.54) is 0 Å². The summed E-state index contributed by atoms with van der Waals surface area (Å²) in [6.07, 6.45) is 2.46. The Kier molecular flexibility index (Phi) is 10.1. The minimum atomic E-state index is -0.203.